The minimum absolute atomic E-state index is 0.133. The molecule has 5 nitrogen and oxygen atoms in total. The summed E-state index contributed by atoms with van der Waals surface area (Å²) in [6, 6.07) is 20.1. The lowest BCUT2D eigenvalue weighted by Gasteiger charge is -2.14. The van der Waals surface area contributed by atoms with Gasteiger partial charge in [-0.25, -0.2) is 4.39 Å². The molecule has 156 valence electrons. The maximum Gasteiger partial charge on any atom is 0.266 e. The van der Waals surface area contributed by atoms with Crippen LogP contribution in [0.15, 0.2) is 76.8 Å². The third-order valence-electron chi connectivity index (χ3n) is 4.29. The standard InChI is InChI=1S/C24H18BrFN2O3/c1-30-22-4-2-3-17(23(22)31-15-16-5-7-19(25)8-6-16)13-18(14-27)24(29)28-21-11-9-20(26)10-12-21/h2-13H,15H2,1H3,(H,28,29). The van der Waals surface area contributed by atoms with E-state index in [-0.39, 0.29) is 12.2 Å². The zero-order chi connectivity index (χ0) is 22.2. The van der Waals surface area contributed by atoms with E-state index in [0.29, 0.717) is 22.7 Å². The van der Waals surface area contributed by atoms with Crippen molar-refractivity contribution in [3.63, 3.8) is 0 Å². The molecule has 0 saturated carbocycles. The molecular weight excluding hydrogens is 463 g/mol. The molecule has 0 spiro atoms. The number of benzene rings is 3. The van der Waals surface area contributed by atoms with Crippen LogP contribution in [0.25, 0.3) is 6.08 Å². The number of carbonyl (C=O) groups is 1. The Hall–Kier alpha value is -3.63. The second kappa shape index (κ2) is 10.4. The summed E-state index contributed by atoms with van der Waals surface area (Å²) in [5.41, 5.74) is 1.71. The highest BCUT2D eigenvalue weighted by Crippen LogP contribution is 2.33. The molecule has 3 aromatic carbocycles. The number of carbonyl (C=O) groups excluding carboxylic acids is 1. The minimum atomic E-state index is -0.615. The van der Waals surface area contributed by atoms with Crippen LogP contribution in [0.1, 0.15) is 11.1 Å². The molecule has 0 fully saturated rings. The number of nitrogens with zero attached hydrogens (tertiary/aromatic N) is 1. The van der Waals surface area contributed by atoms with Crippen molar-refractivity contribution in [2.24, 2.45) is 0 Å². The van der Waals surface area contributed by atoms with Crippen molar-refractivity contribution < 1.29 is 18.7 Å². The molecule has 3 aromatic rings. The van der Waals surface area contributed by atoms with Gasteiger partial charge in [0.1, 0.15) is 24.1 Å². The number of halogens is 2. The van der Waals surface area contributed by atoms with Gasteiger partial charge in [-0.2, -0.15) is 5.26 Å². The first-order valence-electron chi connectivity index (χ1n) is 9.23. The van der Waals surface area contributed by atoms with E-state index in [0.717, 1.165) is 10.0 Å². The lowest BCUT2D eigenvalue weighted by molar-refractivity contribution is -0.112. The Morgan fingerprint density at radius 1 is 1.13 bits per heavy atom. The Labute approximate surface area is 187 Å². The number of anilines is 1. The van der Waals surface area contributed by atoms with Crippen molar-refractivity contribution in [2.75, 3.05) is 12.4 Å². The molecule has 0 aromatic heterocycles. The van der Waals surface area contributed by atoms with E-state index >= 15 is 0 Å². The number of nitriles is 1. The number of para-hydroxylation sites is 1. The number of amides is 1. The molecule has 0 unspecified atom stereocenters. The maximum absolute atomic E-state index is 13.1. The van der Waals surface area contributed by atoms with Crippen LogP contribution in [0.5, 0.6) is 11.5 Å². The molecule has 0 heterocycles. The zero-order valence-electron chi connectivity index (χ0n) is 16.6. The summed E-state index contributed by atoms with van der Waals surface area (Å²) in [4.78, 5) is 12.5. The fourth-order valence-electron chi connectivity index (χ4n) is 2.73. The maximum atomic E-state index is 13.1. The van der Waals surface area contributed by atoms with Crippen molar-refractivity contribution in [2.45, 2.75) is 6.61 Å². The van der Waals surface area contributed by atoms with Crippen LogP contribution >= 0.6 is 15.9 Å². The molecule has 0 aliphatic heterocycles. The molecule has 0 radical (unpaired) electrons. The van der Waals surface area contributed by atoms with Gasteiger partial charge < -0.3 is 14.8 Å². The summed E-state index contributed by atoms with van der Waals surface area (Å²) >= 11 is 3.40. The highest BCUT2D eigenvalue weighted by Gasteiger charge is 2.14. The highest BCUT2D eigenvalue weighted by atomic mass is 79.9. The number of ether oxygens (including phenoxy) is 2. The highest BCUT2D eigenvalue weighted by molar-refractivity contribution is 9.10. The van der Waals surface area contributed by atoms with Crippen LogP contribution in [-0.2, 0) is 11.4 Å². The molecular formula is C24H18BrFN2O3. The number of hydrogen-bond donors (Lipinski definition) is 1. The fraction of sp³-hybridized carbons (Fsp3) is 0.0833. The van der Waals surface area contributed by atoms with Gasteiger partial charge in [0, 0.05) is 15.7 Å². The first-order valence-corrected chi connectivity index (χ1v) is 10.0. The van der Waals surface area contributed by atoms with Gasteiger partial charge in [-0.15, -0.1) is 0 Å². The second-order valence-electron chi connectivity index (χ2n) is 6.42. The Bertz CT molecular complexity index is 1140. The van der Waals surface area contributed by atoms with Gasteiger partial charge >= 0.3 is 0 Å². The summed E-state index contributed by atoms with van der Waals surface area (Å²) in [6.07, 6.45) is 1.43. The zero-order valence-corrected chi connectivity index (χ0v) is 18.1. The summed E-state index contributed by atoms with van der Waals surface area (Å²) in [6.45, 7) is 0.276. The van der Waals surface area contributed by atoms with E-state index in [9.17, 15) is 14.4 Å². The summed E-state index contributed by atoms with van der Waals surface area (Å²) < 4.78 is 25.4. The van der Waals surface area contributed by atoms with Crippen LogP contribution < -0.4 is 14.8 Å². The predicted octanol–water partition coefficient (Wildman–Crippen LogP) is 5.72. The van der Waals surface area contributed by atoms with E-state index in [1.165, 1.54) is 37.5 Å². The second-order valence-corrected chi connectivity index (χ2v) is 7.34. The molecule has 0 saturated heterocycles. The quantitative estimate of drug-likeness (QED) is 0.346. The summed E-state index contributed by atoms with van der Waals surface area (Å²) in [5.74, 6) is -0.147. The third-order valence-corrected chi connectivity index (χ3v) is 4.82. The number of rotatable bonds is 7. The van der Waals surface area contributed by atoms with Crippen LogP contribution in [0.4, 0.5) is 10.1 Å². The molecule has 0 atom stereocenters. The Morgan fingerprint density at radius 2 is 1.84 bits per heavy atom. The van der Waals surface area contributed by atoms with Gasteiger partial charge in [-0.3, -0.25) is 4.79 Å². The molecule has 3 rings (SSSR count). The normalized spacial score (nSPS) is 10.8. The van der Waals surface area contributed by atoms with E-state index in [4.69, 9.17) is 9.47 Å². The summed E-state index contributed by atoms with van der Waals surface area (Å²) in [7, 11) is 1.52. The number of nitrogens with one attached hydrogen (secondary N) is 1. The minimum Gasteiger partial charge on any atom is -0.493 e. The molecule has 7 heteroatoms. The topological polar surface area (TPSA) is 71.3 Å². The lowest BCUT2D eigenvalue weighted by Crippen LogP contribution is -2.13. The van der Waals surface area contributed by atoms with Crippen molar-refractivity contribution in [1.82, 2.24) is 0 Å². The van der Waals surface area contributed by atoms with Crippen molar-refractivity contribution in [3.05, 3.63) is 93.7 Å². The Morgan fingerprint density at radius 3 is 2.48 bits per heavy atom. The van der Waals surface area contributed by atoms with Crippen molar-refractivity contribution in [3.8, 4) is 17.6 Å². The molecule has 0 aliphatic carbocycles. The van der Waals surface area contributed by atoms with E-state index < -0.39 is 11.7 Å². The third kappa shape index (κ3) is 5.93. The van der Waals surface area contributed by atoms with E-state index in [1.807, 2.05) is 30.3 Å². The molecule has 1 N–H and O–H groups in total. The van der Waals surface area contributed by atoms with E-state index in [1.54, 1.807) is 18.2 Å². The monoisotopic (exact) mass is 480 g/mol. The first-order chi connectivity index (χ1) is 15.0. The van der Waals surface area contributed by atoms with Gasteiger partial charge in [0.05, 0.1) is 7.11 Å². The van der Waals surface area contributed by atoms with Crippen LogP contribution in [0.2, 0.25) is 0 Å². The molecule has 1 amide bonds. The molecule has 31 heavy (non-hydrogen) atoms. The Balaban J connectivity index is 1.86. The first kappa shape index (κ1) is 22.1. The Kier molecular flexibility index (Phi) is 7.41. The summed E-state index contributed by atoms with van der Waals surface area (Å²) in [5, 5.41) is 12.1. The fourth-order valence-corrected chi connectivity index (χ4v) is 3.00. The van der Waals surface area contributed by atoms with Gasteiger partial charge in [-0.05, 0) is 54.1 Å². The average molecular weight is 481 g/mol. The van der Waals surface area contributed by atoms with E-state index in [2.05, 4.69) is 21.2 Å². The average Bonchev–Trinajstić information content (AvgIpc) is 2.78. The number of hydrogen-bond acceptors (Lipinski definition) is 4. The van der Waals surface area contributed by atoms with Gasteiger partial charge in [0.15, 0.2) is 11.5 Å². The van der Waals surface area contributed by atoms with Crippen LogP contribution in [-0.4, -0.2) is 13.0 Å². The predicted molar refractivity (Wildman–Crippen MR) is 120 cm³/mol. The molecule has 0 aliphatic rings. The van der Waals surface area contributed by atoms with Crippen molar-refractivity contribution >= 4 is 33.6 Å². The smallest absolute Gasteiger partial charge is 0.266 e. The van der Waals surface area contributed by atoms with Gasteiger partial charge in [0.2, 0.25) is 0 Å². The van der Waals surface area contributed by atoms with Crippen molar-refractivity contribution in [1.29, 1.82) is 5.26 Å². The largest absolute Gasteiger partial charge is 0.493 e. The van der Waals surface area contributed by atoms with Crippen LogP contribution in [0, 0.1) is 17.1 Å². The molecule has 0 bridgehead atoms. The lowest BCUT2D eigenvalue weighted by atomic mass is 10.1. The number of methoxy groups -OCH3 is 1. The van der Waals surface area contributed by atoms with Gasteiger partial charge in [0.25, 0.3) is 5.91 Å². The van der Waals surface area contributed by atoms with Crippen LogP contribution in [0.3, 0.4) is 0 Å². The SMILES string of the molecule is COc1cccc(C=C(C#N)C(=O)Nc2ccc(F)cc2)c1OCc1ccc(Br)cc1. The van der Waals surface area contributed by atoms with Gasteiger partial charge in [-0.1, -0.05) is 40.2 Å².